The van der Waals surface area contributed by atoms with Gasteiger partial charge in [-0.25, -0.2) is 8.78 Å². The molecule has 1 aromatic carbocycles. The van der Waals surface area contributed by atoms with E-state index >= 15 is 0 Å². The highest BCUT2D eigenvalue weighted by atomic mass is 32.2. The number of carbonyl (C=O) groups excluding carboxylic acids is 1. The van der Waals surface area contributed by atoms with Crippen LogP contribution >= 0.6 is 11.8 Å². The monoisotopic (exact) mass is 300 g/mol. The number of nitrogens with zero attached hydrogens (tertiary/aromatic N) is 1. The number of benzene rings is 1. The first-order valence-corrected chi connectivity index (χ1v) is 7.58. The van der Waals surface area contributed by atoms with Crippen LogP contribution in [0.15, 0.2) is 18.2 Å². The van der Waals surface area contributed by atoms with Crippen LogP contribution in [-0.4, -0.2) is 36.2 Å². The van der Waals surface area contributed by atoms with Gasteiger partial charge in [0.1, 0.15) is 17.0 Å². The first-order chi connectivity index (χ1) is 9.58. The lowest BCUT2D eigenvalue weighted by Crippen LogP contribution is -2.36. The molecule has 110 valence electrons. The quantitative estimate of drug-likeness (QED) is 0.907. The maximum Gasteiger partial charge on any atom is 0.236 e. The smallest absolute Gasteiger partial charge is 0.236 e. The van der Waals surface area contributed by atoms with Gasteiger partial charge >= 0.3 is 0 Å². The fourth-order valence-electron chi connectivity index (χ4n) is 2.26. The Morgan fingerprint density at radius 1 is 1.40 bits per heavy atom. The molecule has 1 fully saturated rings. The molecule has 0 unspecified atom stereocenters. The second kappa shape index (κ2) is 6.54. The van der Waals surface area contributed by atoms with Crippen molar-refractivity contribution in [1.29, 1.82) is 0 Å². The van der Waals surface area contributed by atoms with Gasteiger partial charge in [0.05, 0.1) is 5.25 Å². The summed E-state index contributed by atoms with van der Waals surface area (Å²) in [7, 11) is 1.80. The third-order valence-electron chi connectivity index (χ3n) is 3.34. The maximum atomic E-state index is 13.9. The van der Waals surface area contributed by atoms with E-state index in [4.69, 9.17) is 0 Å². The van der Waals surface area contributed by atoms with Crippen LogP contribution < -0.4 is 5.32 Å². The molecule has 3 nitrogen and oxygen atoms in total. The molecule has 6 heteroatoms. The lowest BCUT2D eigenvalue weighted by molar-refractivity contribution is -0.130. The van der Waals surface area contributed by atoms with Crippen LogP contribution in [0.5, 0.6) is 0 Å². The minimum atomic E-state index is -0.602. The number of hydrogen-bond donors (Lipinski definition) is 1. The van der Waals surface area contributed by atoms with Crippen LogP contribution in [-0.2, 0) is 4.79 Å². The molecule has 2 rings (SSSR count). The summed E-state index contributed by atoms with van der Waals surface area (Å²) in [6.07, 6.45) is 0.707. The summed E-state index contributed by atoms with van der Waals surface area (Å²) in [5.41, 5.74) is 0.372. The number of amides is 1. The molecule has 2 atom stereocenters. The van der Waals surface area contributed by atoms with Gasteiger partial charge in [0.15, 0.2) is 0 Å². The lowest BCUT2D eigenvalue weighted by atomic mass is 10.1. The number of hydrogen-bond acceptors (Lipinski definition) is 3. The zero-order valence-electron chi connectivity index (χ0n) is 11.5. The Morgan fingerprint density at radius 3 is 2.75 bits per heavy atom. The average Bonchev–Trinajstić information content (AvgIpc) is 2.73. The van der Waals surface area contributed by atoms with Crippen LogP contribution in [0.25, 0.3) is 0 Å². The molecular formula is C14H18F2N2OS. The van der Waals surface area contributed by atoms with Crippen LogP contribution in [0, 0.1) is 11.6 Å². The van der Waals surface area contributed by atoms with E-state index in [0.29, 0.717) is 25.1 Å². The SMILES string of the molecule is CC[C@@H]1S[C@@H](c2ccc(F)cc2F)N(CCNC)C1=O. The van der Waals surface area contributed by atoms with Crippen LogP contribution in [0.3, 0.4) is 0 Å². The maximum absolute atomic E-state index is 13.9. The first kappa shape index (κ1) is 15.3. The molecule has 1 aliphatic heterocycles. The molecule has 1 aromatic rings. The van der Waals surface area contributed by atoms with E-state index in [1.165, 1.54) is 23.9 Å². The number of carbonyl (C=O) groups is 1. The van der Waals surface area contributed by atoms with E-state index in [1.807, 2.05) is 6.92 Å². The van der Waals surface area contributed by atoms with E-state index in [0.717, 1.165) is 6.07 Å². The Balaban J connectivity index is 2.29. The second-order valence-corrected chi connectivity index (χ2v) is 5.97. The normalized spacial score (nSPS) is 22.6. The zero-order chi connectivity index (χ0) is 14.7. The summed E-state index contributed by atoms with van der Waals surface area (Å²) in [4.78, 5) is 14.0. The number of likely N-dealkylation sites (N-methyl/N-ethyl adjacent to an activating group) is 1. The Kier molecular flexibility index (Phi) is 4.99. The summed E-state index contributed by atoms with van der Waals surface area (Å²) in [6, 6.07) is 3.54. The van der Waals surface area contributed by atoms with Gasteiger partial charge in [-0.3, -0.25) is 4.79 Å². The van der Waals surface area contributed by atoms with Crippen molar-refractivity contribution in [3.8, 4) is 0 Å². The number of halogens is 2. The number of rotatable bonds is 5. The molecule has 1 heterocycles. The fourth-order valence-corrected chi connectivity index (χ4v) is 3.71. The van der Waals surface area contributed by atoms with E-state index in [2.05, 4.69) is 5.32 Å². The summed E-state index contributed by atoms with van der Waals surface area (Å²) < 4.78 is 27.0. The summed E-state index contributed by atoms with van der Waals surface area (Å²) >= 11 is 1.44. The second-order valence-electron chi connectivity index (χ2n) is 4.69. The molecule has 0 saturated carbocycles. The Hall–Kier alpha value is -1.14. The van der Waals surface area contributed by atoms with E-state index in [9.17, 15) is 13.6 Å². The predicted octanol–water partition coefficient (Wildman–Crippen LogP) is 2.54. The Labute approximate surface area is 121 Å². The molecule has 1 amide bonds. The van der Waals surface area contributed by atoms with Crippen molar-refractivity contribution in [2.24, 2.45) is 0 Å². The highest BCUT2D eigenvalue weighted by Crippen LogP contribution is 2.44. The van der Waals surface area contributed by atoms with E-state index < -0.39 is 11.6 Å². The van der Waals surface area contributed by atoms with Gasteiger partial charge < -0.3 is 10.2 Å². The first-order valence-electron chi connectivity index (χ1n) is 6.64. The average molecular weight is 300 g/mol. The van der Waals surface area contributed by atoms with Crippen molar-refractivity contribution in [2.75, 3.05) is 20.1 Å². The lowest BCUT2D eigenvalue weighted by Gasteiger charge is -2.24. The largest absolute Gasteiger partial charge is 0.324 e. The highest BCUT2D eigenvalue weighted by Gasteiger charge is 2.40. The van der Waals surface area contributed by atoms with Gasteiger partial charge in [-0.1, -0.05) is 13.0 Å². The number of nitrogens with one attached hydrogen (secondary N) is 1. The third kappa shape index (κ3) is 2.96. The molecule has 1 saturated heterocycles. The van der Waals surface area contributed by atoms with Gasteiger partial charge in [-0.2, -0.15) is 0 Å². The van der Waals surface area contributed by atoms with Crippen molar-refractivity contribution >= 4 is 17.7 Å². The third-order valence-corrected chi connectivity index (χ3v) is 4.97. The molecule has 0 aliphatic carbocycles. The molecule has 0 aromatic heterocycles. The van der Waals surface area contributed by atoms with Gasteiger partial charge in [0.25, 0.3) is 0 Å². The molecule has 0 bridgehead atoms. The van der Waals surface area contributed by atoms with E-state index in [-0.39, 0.29) is 16.5 Å². The van der Waals surface area contributed by atoms with E-state index in [1.54, 1.807) is 11.9 Å². The Morgan fingerprint density at radius 2 is 2.15 bits per heavy atom. The van der Waals surface area contributed by atoms with Crippen LogP contribution in [0.2, 0.25) is 0 Å². The standard InChI is InChI=1S/C14H18F2N2OS/c1-3-12-13(19)18(7-6-17-2)14(20-12)10-5-4-9(15)8-11(10)16/h4-5,8,12,14,17H,3,6-7H2,1-2H3/t12-,14-/m0/s1. The number of thioether (sulfide) groups is 1. The van der Waals surface area contributed by atoms with Crippen molar-refractivity contribution in [3.63, 3.8) is 0 Å². The fraction of sp³-hybridized carbons (Fsp3) is 0.500. The molecular weight excluding hydrogens is 282 g/mol. The van der Waals surface area contributed by atoms with Crippen molar-refractivity contribution in [2.45, 2.75) is 24.0 Å². The zero-order valence-corrected chi connectivity index (χ0v) is 12.3. The minimum Gasteiger partial charge on any atom is -0.324 e. The molecule has 0 radical (unpaired) electrons. The van der Waals surface area contributed by atoms with Crippen molar-refractivity contribution in [1.82, 2.24) is 10.2 Å². The topological polar surface area (TPSA) is 32.3 Å². The minimum absolute atomic E-state index is 0.0291. The molecule has 1 aliphatic rings. The van der Waals surface area contributed by atoms with Crippen LogP contribution in [0.4, 0.5) is 8.78 Å². The summed E-state index contributed by atoms with van der Waals surface area (Å²) in [6.45, 7) is 3.09. The van der Waals surface area contributed by atoms with Crippen molar-refractivity contribution in [3.05, 3.63) is 35.4 Å². The van der Waals surface area contributed by atoms with Gasteiger partial charge in [0, 0.05) is 24.7 Å². The van der Waals surface area contributed by atoms with Crippen molar-refractivity contribution < 1.29 is 13.6 Å². The predicted molar refractivity (Wildman–Crippen MR) is 76.4 cm³/mol. The van der Waals surface area contributed by atoms with Crippen LogP contribution in [0.1, 0.15) is 24.3 Å². The van der Waals surface area contributed by atoms with Gasteiger partial charge in [0.2, 0.25) is 5.91 Å². The molecule has 0 spiro atoms. The summed E-state index contributed by atoms with van der Waals surface area (Å²) in [5.74, 6) is -1.17. The molecule has 20 heavy (non-hydrogen) atoms. The van der Waals surface area contributed by atoms with Gasteiger partial charge in [-0.15, -0.1) is 11.8 Å². The Bertz CT molecular complexity index is 498. The summed E-state index contributed by atoms with van der Waals surface area (Å²) in [5, 5.41) is 2.46. The highest BCUT2D eigenvalue weighted by molar-refractivity contribution is 8.01. The van der Waals surface area contributed by atoms with Gasteiger partial charge in [-0.05, 0) is 19.5 Å². The molecule has 1 N–H and O–H groups in total.